The van der Waals surface area contributed by atoms with Gasteiger partial charge in [-0.15, -0.1) is 11.3 Å². The highest BCUT2D eigenvalue weighted by molar-refractivity contribution is 9.11. The molecule has 0 unspecified atom stereocenters. The Morgan fingerprint density at radius 2 is 2.07 bits per heavy atom. The first-order valence-corrected chi connectivity index (χ1v) is 7.81. The Bertz CT molecular complexity index is 412. The summed E-state index contributed by atoms with van der Waals surface area (Å²) < 4.78 is 24.9. The molecular formula is C9H14BrNO2S2. The number of rotatable bonds is 5. The molecule has 0 amide bonds. The van der Waals surface area contributed by atoms with Crippen LogP contribution in [0.1, 0.15) is 6.42 Å². The molecule has 0 radical (unpaired) electrons. The number of sulfone groups is 1. The van der Waals surface area contributed by atoms with E-state index in [4.69, 9.17) is 0 Å². The lowest BCUT2D eigenvalue weighted by atomic mass is 10.5. The molecule has 6 heteroatoms. The summed E-state index contributed by atoms with van der Waals surface area (Å²) in [5.41, 5.74) is 0. The van der Waals surface area contributed by atoms with Crippen LogP contribution in [0.2, 0.25) is 0 Å². The van der Waals surface area contributed by atoms with Crippen LogP contribution in [0.4, 0.5) is 0 Å². The lowest BCUT2D eigenvalue weighted by Gasteiger charge is -2.08. The fraction of sp³-hybridized carbons (Fsp3) is 0.556. The second kappa shape index (κ2) is 5.43. The second-order valence-electron chi connectivity index (χ2n) is 3.53. The van der Waals surface area contributed by atoms with Gasteiger partial charge in [-0.3, -0.25) is 0 Å². The number of halogens is 1. The van der Waals surface area contributed by atoms with Crippen molar-refractivity contribution in [1.82, 2.24) is 4.90 Å². The first-order valence-electron chi connectivity index (χ1n) is 4.54. The van der Waals surface area contributed by atoms with Gasteiger partial charge in [0, 0.05) is 0 Å². The van der Waals surface area contributed by atoms with Gasteiger partial charge in [0.25, 0.3) is 0 Å². The minimum atomic E-state index is -3.07. The van der Waals surface area contributed by atoms with Gasteiger partial charge in [-0.25, -0.2) is 8.42 Å². The number of thiophene rings is 1. The smallest absolute Gasteiger partial charge is 0.187 e. The fourth-order valence-electron chi connectivity index (χ4n) is 1.14. The largest absolute Gasteiger partial charge is 0.309 e. The first kappa shape index (κ1) is 13.2. The molecule has 1 aromatic rings. The highest BCUT2D eigenvalue weighted by atomic mass is 79.9. The van der Waals surface area contributed by atoms with E-state index in [-0.39, 0.29) is 5.75 Å². The Morgan fingerprint density at radius 1 is 1.40 bits per heavy atom. The molecule has 0 aliphatic heterocycles. The minimum Gasteiger partial charge on any atom is -0.309 e. The molecular weight excluding hydrogens is 298 g/mol. The van der Waals surface area contributed by atoms with Crippen molar-refractivity contribution >= 4 is 37.1 Å². The number of hydrogen-bond donors (Lipinski definition) is 0. The average Bonchev–Trinajstić information content (AvgIpc) is 2.51. The van der Waals surface area contributed by atoms with E-state index in [1.165, 1.54) is 11.3 Å². The molecule has 0 aromatic carbocycles. The second-order valence-corrected chi connectivity index (χ2v) is 8.33. The molecule has 0 atom stereocenters. The fourth-order valence-corrected chi connectivity index (χ4v) is 4.59. The van der Waals surface area contributed by atoms with Gasteiger partial charge in [0.05, 0.1) is 9.54 Å². The number of nitrogens with zero attached hydrogens (tertiary/aromatic N) is 1. The molecule has 0 spiro atoms. The predicted octanol–water partition coefficient (Wildman–Crippen LogP) is 2.24. The third-order valence-electron chi connectivity index (χ3n) is 1.87. The molecule has 1 heterocycles. The molecule has 0 saturated heterocycles. The van der Waals surface area contributed by atoms with Crippen molar-refractivity contribution in [2.24, 2.45) is 0 Å². The van der Waals surface area contributed by atoms with Gasteiger partial charge in [-0.05, 0) is 55.1 Å². The zero-order chi connectivity index (χ0) is 11.5. The summed E-state index contributed by atoms with van der Waals surface area (Å²) in [4.78, 5) is 1.99. The van der Waals surface area contributed by atoms with Crippen molar-refractivity contribution < 1.29 is 8.42 Å². The molecule has 0 aliphatic carbocycles. The van der Waals surface area contributed by atoms with Crippen molar-refractivity contribution in [3.05, 3.63) is 15.9 Å². The van der Waals surface area contributed by atoms with Crippen molar-refractivity contribution in [2.45, 2.75) is 10.6 Å². The molecule has 1 rings (SSSR count). The lowest BCUT2D eigenvalue weighted by Crippen LogP contribution is -2.16. The molecule has 0 saturated carbocycles. The SMILES string of the molecule is CN(C)CCCS(=O)(=O)c1ccc(Br)s1. The van der Waals surface area contributed by atoms with Crippen molar-refractivity contribution in [3.63, 3.8) is 0 Å². The third kappa shape index (κ3) is 4.22. The molecule has 15 heavy (non-hydrogen) atoms. The van der Waals surface area contributed by atoms with E-state index in [1.807, 2.05) is 19.0 Å². The van der Waals surface area contributed by atoms with Crippen LogP contribution in [0, 0.1) is 0 Å². The molecule has 0 N–H and O–H groups in total. The normalized spacial score (nSPS) is 12.3. The Hall–Kier alpha value is 0.0900. The maximum Gasteiger partial charge on any atom is 0.187 e. The van der Waals surface area contributed by atoms with Crippen LogP contribution in [0.25, 0.3) is 0 Å². The Balaban J connectivity index is 2.60. The zero-order valence-electron chi connectivity index (χ0n) is 8.73. The Kier molecular flexibility index (Phi) is 4.76. The van der Waals surface area contributed by atoms with Gasteiger partial charge in [0.1, 0.15) is 4.21 Å². The van der Waals surface area contributed by atoms with E-state index in [2.05, 4.69) is 15.9 Å². The Morgan fingerprint density at radius 3 is 2.53 bits per heavy atom. The summed E-state index contributed by atoms with van der Waals surface area (Å²) in [6, 6.07) is 3.42. The van der Waals surface area contributed by atoms with Gasteiger partial charge in [-0.1, -0.05) is 0 Å². The molecule has 86 valence electrons. The molecule has 0 aliphatic rings. The molecule has 1 aromatic heterocycles. The van der Waals surface area contributed by atoms with Crippen LogP contribution >= 0.6 is 27.3 Å². The molecule has 0 fully saturated rings. The van der Waals surface area contributed by atoms with E-state index in [1.54, 1.807) is 12.1 Å². The average molecular weight is 312 g/mol. The quantitative estimate of drug-likeness (QED) is 0.837. The first-order chi connectivity index (χ1) is 6.92. The van der Waals surface area contributed by atoms with E-state index >= 15 is 0 Å². The van der Waals surface area contributed by atoms with Gasteiger partial charge in [0.2, 0.25) is 0 Å². The number of hydrogen-bond acceptors (Lipinski definition) is 4. The standard InChI is InChI=1S/C9H14BrNO2S2/c1-11(2)6-3-7-15(12,13)9-5-4-8(10)14-9/h4-5H,3,6-7H2,1-2H3. The summed E-state index contributed by atoms with van der Waals surface area (Å²) in [5.74, 6) is 0.220. The van der Waals surface area contributed by atoms with Crippen molar-refractivity contribution in [1.29, 1.82) is 0 Å². The summed E-state index contributed by atoms with van der Waals surface area (Å²) in [5, 5.41) is 0. The van der Waals surface area contributed by atoms with E-state index in [0.717, 1.165) is 10.3 Å². The highest BCUT2D eigenvalue weighted by Crippen LogP contribution is 2.27. The summed E-state index contributed by atoms with van der Waals surface area (Å²) in [6.07, 6.45) is 0.671. The highest BCUT2D eigenvalue weighted by Gasteiger charge is 2.16. The topological polar surface area (TPSA) is 37.4 Å². The minimum absolute atomic E-state index is 0.220. The van der Waals surface area contributed by atoms with Crippen molar-refractivity contribution in [3.8, 4) is 0 Å². The summed E-state index contributed by atoms with van der Waals surface area (Å²) in [7, 11) is 0.804. The van der Waals surface area contributed by atoms with Gasteiger partial charge in [-0.2, -0.15) is 0 Å². The Labute approximate surface area is 103 Å². The predicted molar refractivity (Wildman–Crippen MR) is 67.2 cm³/mol. The van der Waals surface area contributed by atoms with Crippen LogP contribution in [0.5, 0.6) is 0 Å². The summed E-state index contributed by atoms with van der Waals surface area (Å²) in [6.45, 7) is 0.797. The van der Waals surface area contributed by atoms with Crippen LogP contribution in [-0.2, 0) is 9.84 Å². The lowest BCUT2D eigenvalue weighted by molar-refractivity contribution is 0.408. The maximum absolute atomic E-state index is 11.8. The molecule has 0 bridgehead atoms. The third-order valence-corrected chi connectivity index (χ3v) is 5.88. The van der Waals surface area contributed by atoms with Crippen LogP contribution < -0.4 is 0 Å². The van der Waals surface area contributed by atoms with E-state index in [0.29, 0.717) is 10.6 Å². The van der Waals surface area contributed by atoms with Gasteiger partial charge >= 0.3 is 0 Å². The van der Waals surface area contributed by atoms with Gasteiger partial charge in [0.15, 0.2) is 9.84 Å². The van der Waals surface area contributed by atoms with Crippen LogP contribution in [0.3, 0.4) is 0 Å². The van der Waals surface area contributed by atoms with Crippen LogP contribution in [0.15, 0.2) is 20.1 Å². The monoisotopic (exact) mass is 311 g/mol. The maximum atomic E-state index is 11.8. The van der Waals surface area contributed by atoms with Crippen molar-refractivity contribution in [2.75, 3.05) is 26.4 Å². The van der Waals surface area contributed by atoms with E-state index < -0.39 is 9.84 Å². The van der Waals surface area contributed by atoms with Crippen LogP contribution in [-0.4, -0.2) is 39.7 Å². The molecule has 3 nitrogen and oxygen atoms in total. The zero-order valence-corrected chi connectivity index (χ0v) is 12.0. The van der Waals surface area contributed by atoms with Gasteiger partial charge < -0.3 is 4.90 Å². The van der Waals surface area contributed by atoms with E-state index in [9.17, 15) is 8.42 Å². The summed E-state index contributed by atoms with van der Waals surface area (Å²) >= 11 is 4.53.